The van der Waals surface area contributed by atoms with Crippen molar-refractivity contribution in [2.45, 2.75) is 13.0 Å². The van der Waals surface area contributed by atoms with E-state index < -0.39 is 5.97 Å². The van der Waals surface area contributed by atoms with Crippen LogP contribution in [-0.4, -0.2) is 17.6 Å². The highest BCUT2D eigenvalue weighted by Gasteiger charge is 2.10. The second-order valence-corrected chi connectivity index (χ2v) is 4.50. The van der Waals surface area contributed by atoms with Crippen LogP contribution in [-0.2, 0) is 13.0 Å². The number of carboxylic acids is 1. The quantitative estimate of drug-likeness (QED) is 0.774. The summed E-state index contributed by atoms with van der Waals surface area (Å²) in [4.78, 5) is 11.3. The van der Waals surface area contributed by atoms with E-state index in [1.165, 1.54) is 11.3 Å². The van der Waals surface area contributed by atoms with Gasteiger partial charge < -0.3 is 14.8 Å². The van der Waals surface area contributed by atoms with E-state index in [0.717, 1.165) is 24.3 Å². The molecule has 0 aliphatic heterocycles. The van der Waals surface area contributed by atoms with Crippen molar-refractivity contribution < 1.29 is 14.3 Å². The molecule has 0 bridgehead atoms. The normalized spacial score (nSPS) is 10.6. The number of thiophene rings is 1. The third-order valence-electron chi connectivity index (χ3n) is 2.38. The van der Waals surface area contributed by atoms with Crippen molar-refractivity contribution in [3.63, 3.8) is 0 Å². The molecule has 2 aromatic heterocycles. The summed E-state index contributed by atoms with van der Waals surface area (Å²) in [5, 5.41) is 13.9. The molecule has 0 fully saturated rings. The standard InChI is InChI=1S/C12H13NO3S/c14-12(15)11-9(4-7-17-11)8-13-5-3-10-2-1-6-16-10/h1-2,4,6-7,13H,3,5,8H2,(H,14,15). The number of furan rings is 1. The fourth-order valence-corrected chi connectivity index (χ4v) is 2.31. The lowest BCUT2D eigenvalue weighted by Gasteiger charge is -2.03. The van der Waals surface area contributed by atoms with Crippen LogP contribution in [0.3, 0.4) is 0 Å². The van der Waals surface area contributed by atoms with Crippen LogP contribution in [0.25, 0.3) is 0 Å². The summed E-state index contributed by atoms with van der Waals surface area (Å²) in [5.41, 5.74) is 0.835. The Kier molecular flexibility index (Phi) is 3.95. The molecule has 0 aliphatic carbocycles. The van der Waals surface area contributed by atoms with Crippen molar-refractivity contribution in [1.82, 2.24) is 5.32 Å². The number of carbonyl (C=O) groups is 1. The van der Waals surface area contributed by atoms with Crippen LogP contribution in [0.2, 0.25) is 0 Å². The highest BCUT2D eigenvalue weighted by atomic mass is 32.1. The van der Waals surface area contributed by atoms with Crippen LogP contribution in [0.15, 0.2) is 34.3 Å². The van der Waals surface area contributed by atoms with Gasteiger partial charge in [-0.05, 0) is 29.1 Å². The predicted molar refractivity (Wildman–Crippen MR) is 65.4 cm³/mol. The van der Waals surface area contributed by atoms with Crippen molar-refractivity contribution >= 4 is 17.3 Å². The predicted octanol–water partition coefficient (Wildman–Crippen LogP) is 2.37. The summed E-state index contributed by atoms with van der Waals surface area (Å²) in [5.74, 6) is 0.0733. The summed E-state index contributed by atoms with van der Waals surface area (Å²) in [6, 6.07) is 5.62. The zero-order chi connectivity index (χ0) is 12.1. The molecule has 0 aromatic carbocycles. The molecule has 2 N–H and O–H groups in total. The van der Waals surface area contributed by atoms with Crippen molar-refractivity contribution in [3.8, 4) is 0 Å². The van der Waals surface area contributed by atoms with E-state index in [0.29, 0.717) is 11.4 Å². The van der Waals surface area contributed by atoms with Gasteiger partial charge in [0, 0.05) is 19.5 Å². The van der Waals surface area contributed by atoms with Crippen molar-refractivity contribution in [1.29, 1.82) is 0 Å². The molecule has 2 rings (SSSR count). The molecule has 0 saturated carbocycles. The number of hydrogen-bond acceptors (Lipinski definition) is 4. The minimum absolute atomic E-state index is 0.412. The number of carboxylic acid groups (broad SMARTS) is 1. The molecule has 0 aliphatic rings. The van der Waals surface area contributed by atoms with Gasteiger partial charge in [0.25, 0.3) is 0 Å². The molecule has 5 heteroatoms. The number of rotatable bonds is 6. The lowest BCUT2D eigenvalue weighted by molar-refractivity contribution is 0.0701. The number of hydrogen-bond donors (Lipinski definition) is 2. The van der Waals surface area contributed by atoms with Crippen LogP contribution < -0.4 is 5.32 Å². The van der Waals surface area contributed by atoms with Gasteiger partial charge in [-0.25, -0.2) is 4.79 Å². The first-order valence-electron chi connectivity index (χ1n) is 5.30. The minimum Gasteiger partial charge on any atom is -0.477 e. The molecule has 17 heavy (non-hydrogen) atoms. The van der Waals surface area contributed by atoms with Crippen LogP contribution in [0.4, 0.5) is 0 Å². The Labute approximate surface area is 103 Å². The zero-order valence-corrected chi connectivity index (χ0v) is 10.00. The van der Waals surface area contributed by atoms with Gasteiger partial charge in [0.2, 0.25) is 0 Å². The largest absolute Gasteiger partial charge is 0.477 e. The first-order valence-corrected chi connectivity index (χ1v) is 6.18. The van der Waals surface area contributed by atoms with Crippen LogP contribution in [0.1, 0.15) is 21.0 Å². The molecule has 0 saturated heterocycles. The summed E-state index contributed by atoms with van der Waals surface area (Å²) < 4.78 is 5.20. The van der Waals surface area contributed by atoms with E-state index in [-0.39, 0.29) is 0 Å². The van der Waals surface area contributed by atoms with Gasteiger partial charge in [-0.15, -0.1) is 11.3 Å². The van der Waals surface area contributed by atoms with E-state index in [1.54, 1.807) is 11.6 Å². The molecule has 0 unspecified atom stereocenters. The second-order valence-electron chi connectivity index (χ2n) is 3.59. The molecule has 0 radical (unpaired) electrons. The average Bonchev–Trinajstić information content (AvgIpc) is 2.95. The summed E-state index contributed by atoms with van der Waals surface area (Å²) in [6.45, 7) is 1.34. The van der Waals surface area contributed by atoms with Crippen molar-refractivity contribution in [2.24, 2.45) is 0 Å². The molecule has 90 valence electrons. The maximum atomic E-state index is 10.9. The van der Waals surface area contributed by atoms with Crippen LogP contribution in [0, 0.1) is 0 Å². The maximum absolute atomic E-state index is 10.9. The Bertz CT molecular complexity index is 476. The molecule has 0 spiro atoms. The van der Waals surface area contributed by atoms with E-state index in [2.05, 4.69) is 5.32 Å². The molecule has 2 aromatic rings. The lowest BCUT2D eigenvalue weighted by atomic mass is 10.2. The van der Waals surface area contributed by atoms with E-state index in [9.17, 15) is 4.79 Å². The Hall–Kier alpha value is -1.59. The van der Waals surface area contributed by atoms with Crippen molar-refractivity contribution in [3.05, 3.63) is 46.0 Å². The van der Waals surface area contributed by atoms with Crippen molar-refractivity contribution in [2.75, 3.05) is 6.54 Å². The van der Waals surface area contributed by atoms with Crippen LogP contribution >= 0.6 is 11.3 Å². The molecule has 4 nitrogen and oxygen atoms in total. The van der Waals surface area contributed by atoms with Gasteiger partial charge >= 0.3 is 5.97 Å². The Morgan fingerprint density at radius 1 is 1.47 bits per heavy atom. The molecule has 2 heterocycles. The Balaban J connectivity index is 1.78. The van der Waals surface area contributed by atoms with E-state index >= 15 is 0 Å². The highest BCUT2D eigenvalue weighted by molar-refractivity contribution is 7.12. The average molecular weight is 251 g/mol. The Morgan fingerprint density at radius 2 is 2.35 bits per heavy atom. The lowest BCUT2D eigenvalue weighted by Crippen LogP contribution is -2.17. The van der Waals surface area contributed by atoms with E-state index in [4.69, 9.17) is 9.52 Å². The monoisotopic (exact) mass is 251 g/mol. The smallest absolute Gasteiger partial charge is 0.346 e. The van der Waals surface area contributed by atoms with Gasteiger partial charge in [-0.3, -0.25) is 0 Å². The molecular weight excluding hydrogens is 238 g/mol. The fourth-order valence-electron chi connectivity index (χ4n) is 1.55. The summed E-state index contributed by atoms with van der Waals surface area (Å²) in [6.07, 6.45) is 2.45. The zero-order valence-electron chi connectivity index (χ0n) is 9.18. The number of aromatic carboxylic acids is 1. The Morgan fingerprint density at radius 3 is 3.06 bits per heavy atom. The summed E-state index contributed by atoms with van der Waals surface area (Å²) in [7, 11) is 0. The van der Waals surface area contributed by atoms with Gasteiger partial charge in [0.1, 0.15) is 10.6 Å². The fraction of sp³-hybridized carbons (Fsp3) is 0.250. The number of nitrogens with one attached hydrogen (secondary N) is 1. The van der Waals surface area contributed by atoms with Gasteiger partial charge in [0.05, 0.1) is 6.26 Å². The van der Waals surface area contributed by atoms with Gasteiger partial charge in [0.15, 0.2) is 0 Å². The topological polar surface area (TPSA) is 62.5 Å². The summed E-state index contributed by atoms with van der Waals surface area (Å²) >= 11 is 1.26. The third kappa shape index (κ3) is 3.18. The van der Waals surface area contributed by atoms with E-state index in [1.807, 2.05) is 18.2 Å². The van der Waals surface area contributed by atoms with Crippen LogP contribution in [0.5, 0.6) is 0 Å². The molecular formula is C12H13NO3S. The minimum atomic E-state index is -0.858. The van der Waals surface area contributed by atoms with Gasteiger partial charge in [-0.2, -0.15) is 0 Å². The molecule has 0 amide bonds. The maximum Gasteiger partial charge on any atom is 0.346 e. The van der Waals surface area contributed by atoms with Gasteiger partial charge in [-0.1, -0.05) is 0 Å². The second kappa shape index (κ2) is 5.65. The third-order valence-corrected chi connectivity index (χ3v) is 3.33. The first kappa shape index (κ1) is 11.9. The highest BCUT2D eigenvalue weighted by Crippen LogP contribution is 2.16. The molecule has 0 atom stereocenters. The first-order chi connectivity index (χ1) is 8.27. The SMILES string of the molecule is O=C(O)c1sccc1CNCCc1ccco1.